The standard InChI is InChI=1S/C14H24N2O5/c1-9(15-12(18)10-6-4-5-7-10)11(17)16-14(2,8-21-3)13(19)20/h9-10H,4-8H2,1-3H3,(H,15,18)(H,16,17)(H,19,20). The molecule has 1 aliphatic rings. The van der Waals surface area contributed by atoms with Crippen molar-refractivity contribution < 1.29 is 24.2 Å². The van der Waals surface area contributed by atoms with Gasteiger partial charge in [0.25, 0.3) is 0 Å². The molecule has 0 saturated heterocycles. The monoisotopic (exact) mass is 300 g/mol. The van der Waals surface area contributed by atoms with Gasteiger partial charge in [-0.1, -0.05) is 12.8 Å². The fraction of sp³-hybridized carbons (Fsp3) is 0.786. The lowest BCUT2D eigenvalue weighted by atomic mass is 10.0. The van der Waals surface area contributed by atoms with Crippen LogP contribution in [0, 0.1) is 5.92 Å². The van der Waals surface area contributed by atoms with E-state index < -0.39 is 23.5 Å². The maximum atomic E-state index is 12.0. The third-order valence-corrected chi connectivity index (χ3v) is 3.78. The van der Waals surface area contributed by atoms with Crippen LogP contribution in [0.5, 0.6) is 0 Å². The zero-order valence-corrected chi connectivity index (χ0v) is 12.8. The van der Waals surface area contributed by atoms with Crippen LogP contribution < -0.4 is 10.6 Å². The van der Waals surface area contributed by atoms with Gasteiger partial charge in [0.15, 0.2) is 5.54 Å². The Morgan fingerprint density at radius 3 is 2.38 bits per heavy atom. The van der Waals surface area contributed by atoms with Crippen LogP contribution in [0.1, 0.15) is 39.5 Å². The average Bonchev–Trinajstić information content (AvgIpc) is 2.92. The summed E-state index contributed by atoms with van der Waals surface area (Å²) in [6, 6.07) is -0.784. The predicted molar refractivity (Wildman–Crippen MR) is 75.6 cm³/mol. The van der Waals surface area contributed by atoms with E-state index in [1.165, 1.54) is 21.0 Å². The summed E-state index contributed by atoms with van der Waals surface area (Å²) < 4.78 is 4.83. The number of carbonyl (C=O) groups excluding carboxylic acids is 2. The van der Waals surface area contributed by atoms with Crippen molar-refractivity contribution in [2.75, 3.05) is 13.7 Å². The minimum Gasteiger partial charge on any atom is -0.479 e. The number of ether oxygens (including phenoxy) is 1. The van der Waals surface area contributed by atoms with Crippen LogP contribution in [0.3, 0.4) is 0 Å². The number of hydrogen-bond acceptors (Lipinski definition) is 4. The molecule has 1 rings (SSSR count). The molecule has 120 valence electrons. The third kappa shape index (κ3) is 4.70. The van der Waals surface area contributed by atoms with E-state index in [9.17, 15) is 14.4 Å². The highest BCUT2D eigenvalue weighted by molar-refractivity contribution is 5.92. The molecule has 7 nitrogen and oxygen atoms in total. The van der Waals surface area contributed by atoms with E-state index in [1.807, 2.05) is 0 Å². The molecule has 1 saturated carbocycles. The van der Waals surface area contributed by atoms with Gasteiger partial charge in [-0.3, -0.25) is 9.59 Å². The van der Waals surface area contributed by atoms with Crippen molar-refractivity contribution in [3.8, 4) is 0 Å². The smallest absolute Gasteiger partial charge is 0.331 e. The second-order valence-corrected chi connectivity index (χ2v) is 5.77. The Bertz CT molecular complexity index is 406. The Hall–Kier alpha value is -1.63. The molecule has 7 heteroatoms. The molecular weight excluding hydrogens is 276 g/mol. The van der Waals surface area contributed by atoms with Crippen LogP contribution in [0.2, 0.25) is 0 Å². The quantitative estimate of drug-likeness (QED) is 0.626. The average molecular weight is 300 g/mol. The maximum absolute atomic E-state index is 12.0. The predicted octanol–water partition coefficient (Wildman–Crippen LogP) is 0.287. The number of carboxylic acids is 1. The number of methoxy groups -OCH3 is 1. The lowest BCUT2D eigenvalue weighted by Crippen LogP contribution is -2.59. The Morgan fingerprint density at radius 1 is 1.33 bits per heavy atom. The second kappa shape index (κ2) is 7.40. The summed E-state index contributed by atoms with van der Waals surface area (Å²) in [5, 5.41) is 14.2. The molecular formula is C14H24N2O5. The van der Waals surface area contributed by atoms with Crippen molar-refractivity contribution in [1.29, 1.82) is 0 Å². The van der Waals surface area contributed by atoms with E-state index in [1.54, 1.807) is 0 Å². The number of rotatable bonds is 7. The van der Waals surface area contributed by atoms with Gasteiger partial charge in [0.2, 0.25) is 11.8 Å². The number of carboxylic acid groups (broad SMARTS) is 1. The zero-order chi connectivity index (χ0) is 16.0. The Morgan fingerprint density at radius 2 is 1.90 bits per heavy atom. The van der Waals surface area contributed by atoms with Gasteiger partial charge in [0.05, 0.1) is 6.61 Å². The Labute approximate surface area is 124 Å². The molecule has 21 heavy (non-hydrogen) atoms. The summed E-state index contributed by atoms with van der Waals surface area (Å²) in [5.41, 5.74) is -1.52. The van der Waals surface area contributed by atoms with Gasteiger partial charge in [0, 0.05) is 13.0 Å². The molecule has 0 aromatic carbocycles. The summed E-state index contributed by atoms with van der Waals surface area (Å²) in [7, 11) is 1.36. The Kier molecular flexibility index (Phi) is 6.14. The van der Waals surface area contributed by atoms with Crippen LogP contribution in [0.15, 0.2) is 0 Å². The van der Waals surface area contributed by atoms with Crippen LogP contribution in [0.25, 0.3) is 0 Å². The lowest BCUT2D eigenvalue weighted by molar-refractivity contribution is -0.149. The van der Waals surface area contributed by atoms with Gasteiger partial charge in [-0.15, -0.1) is 0 Å². The van der Waals surface area contributed by atoms with Crippen LogP contribution in [-0.2, 0) is 19.1 Å². The summed E-state index contributed by atoms with van der Waals surface area (Å²) in [6.07, 6.45) is 3.75. The summed E-state index contributed by atoms with van der Waals surface area (Å²) in [4.78, 5) is 35.2. The lowest BCUT2D eigenvalue weighted by Gasteiger charge is -2.27. The minimum atomic E-state index is -1.52. The molecule has 1 fully saturated rings. The van der Waals surface area contributed by atoms with Crippen molar-refractivity contribution in [2.45, 2.75) is 51.1 Å². The largest absolute Gasteiger partial charge is 0.479 e. The number of carbonyl (C=O) groups is 3. The fourth-order valence-corrected chi connectivity index (χ4v) is 2.40. The first-order valence-corrected chi connectivity index (χ1v) is 7.15. The maximum Gasteiger partial charge on any atom is 0.331 e. The zero-order valence-electron chi connectivity index (χ0n) is 12.8. The number of aliphatic carboxylic acids is 1. The van der Waals surface area contributed by atoms with Crippen LogP contribution >= 0.6 is 0 Å². The molecule has 0 spiro atoms. The molecule has 1 aliphatic carbocycles. The SMILES string of the molecule is COCC(C)(NC(=O)C(C)NC(=O)C1CCCC1)C(=O)O. The normalized spacial score (nSPS) is 19.6. The first kappa shape index (κ1) is 17.4. The summed E-state index contributed by atoms with van der Waals surface area (Å²) in [6.45, 7) is 2.75. The van der Waals surface area contributed by atoms with Crippen molar-refractivity contribution >= 4 is 17.8 Å². The minimum absolute atomic E-state index is 0.0370. The fourth-order valence-electron chi connectivity index (χ4n) is 2.40. The van der Waals surface area contributed by atoms with E-state index >= 15 is 0 Å². The first-order valence-electron chi connectivity index (χ1n) is 7.15. The Balaban J connectivity index is 2.56. The molecule has 0 aliphatic heterocycles. The highest BCUT2D eigenvalue weighted by Crippen LogP contribution is 2.24. The van der Waals surface area contributed by atoms with E-state index in [0.29, 0.717) is 0 Å². The van der Waals surface area contributed by atoms with E-state index in [4.69, 9.17) is 9.84 Å². The number of amides is 2. The van der Waals surface area contributed by atoms with Crippen LogP contribution in [0.4, 0.5) is 0 Å². The van der Waals surface area contributed by atoms with Crippen LogP contribution in [-0.4, -0.2) is 48.2 Å². The number of hydrogen-bond donors (Lipinski definition) is 3. The molecule has 0 aromatic heterocycles. The number of nitrogens with one attached hydrogen (secondary N) is 2. The van der Waals surface area contributed by atoms with Crippen molar-refractivity contribution in [1.82, 2.24) is 10.6 Å². The highest BCUT2D eigenvalue weighted by atomic mass is 16.5. The topological polar surface area (TPSA) is 105 Å². The highest BCUT2D eigenvalue weighted by Gasteiger charge is 2.36. The van der Waals surface area contributed by atoms with Gasteiger partial charge in [0.1, 0.15) is 6.04 Å². The summed E-state index contributed by atoms with van der Waals surface area (Å²) in [5.74, 6) is -1.90. The van der Waals surface area contributed by atoms with Crippen molar-refractivity contribution in [2.24, 2.45) is 5.92 Å². The van der Waals surface area contributed by atoms with Gasteiger partial charge >= 0.3 is 5.97 Å². The molecule has 0 radical (unpaired) electrons. The first-order chi connectivity index (χ1) is 9.80. The molecule has 2 amide bonds. The molecule has 0 heterocycles. The van der Waals surface area contributed by atoms with Gasteiger partial charge < -0.3 is 20.5 Å². The van der Waals surface area contributed by atoms with Gasteiger partial charge in [-0.2, -0.15) is 0 Å². The van der Waals surface area contributed by atoms with E-state index in [-0.39, 0.29) is 18.4 Å². The molecule has 2 atom stereocenters. The summed E-state index contributed by atoms with van der Waals surface area (Å²) >= 11 is 0. The molecule has 3 N–H and O–H groups in total. The van der Waals surface area contributed by atoms with E-state index in [0.717, 1.165) is 25.7 Å². The van der Waals surface area contributed by atoms with Crippen molar-refractivity contribution in [3.63, 3.8) is 0 Å². The van der Waals surface area contributed by atoms with Gasteiger partial charge in [-0.25, -0.2) is 4.79 Å². The van der Waals surface area contributed by atoms with Crippen molar-refractivity contribution in [3.05, 3.63) is 0 Å². The van der Waals surface area contributed by atoms with Gasteiger partial charge in [-0.05, 0) is 26.7 Å². The van der Waals surface area contributed by atoms with E-state index in [2.05, 4.69) is 10.6 Å². The molecule has 0 aromatic rings. The third-order valence-electron chi connectivity index (χ3n) is 3.78. The second-order valence-electron chi connectivity index (χ2n) is 5.77. The molecule has 0 bridgehead atoms. The molecule has 2 unspecified atom stereocenters.